The van der Waals surface area contributed by atoms with Gasteiger partial charge in [-0.15, -0.1) is 11.6 Å². The van der Waals surface area contributed by atoms with E-state index < -0.39 is 0 Å². The van der Waals surface area contributed by atoms with Gasteiger partial charge in [-0.2, -0.15) is 0 Å². The van der Waals surface area contributed by atoms with Crippen LogP contribution in [0, 0.1) is 29.6 Å². The lowest BCUT2D eigenvalue weighted by Crippen LogP contribution is -2.42. The Labute approximate surface area is 155 Å². The lowest BCUT2D eigenvalue weighted by Gasteiger charge is -2.41. The summed E-state index contributed by atoms with van der Waals surface area (Å²) in [6.45, 7) is 7.40. The second-order valence-corrected chi connectivity index (χ2v) is 11.0. The summed E-state index contributed by atoms with van der Waals surface area (Å²) in [6.07, 6.45) is 9.50. The van der Waals surface area contributed by atoms with Crippen LogP contribution in [-0.2, 0) is 0 Å². The van der Waals surface area contributed by atoms with Gasteiger partial charge in [0.2, 0.25) is 0 Å². The Morgan fingerprint density at radius 3 is 2.23 bits per heavy atom. The van der Waals surface area contributed by atoms with Crippen LogP contribution in [0.15, 0.2) is 0 Å². The van der Waals surface area contributed by atoms with Crippen molar-refractivity contribution in [3.63, 3.8) is 0 Å². The quantitative estimate of drug-likeness (QED) is 0.435. The van der Waals surface area contributed by atoms with Crippen LogP contribution >= 0.6 is 34.2 Å². The minimum atomic E-state index is 0.444. The monoisotopic (exact) mass is 437 g/mol. The predicted octanol–water partition coefficient (Wildman–Crippen LogP) is 5.64. The molecule has 7 atom stereocenters. The minimum absolute atomic E-state index is 0.444. The first-order valence-electron chi connectivity index (χ1n) is 9.49. The molecule has 0 aromatic heterocycles. The summed E-state index contributed by atoms with van der Waals surface area (Å²) in [6, 6.07) is 1.45. The number of halogens is 2. The molecule has 1 N–H and O–H groups in total. The molecule has 3 rings (SSSR count). The molecule has 0 amide bonds. The smallest absolute Gasteiger partial charge is 0.0336 e. The van der Waals surface area contributed by atoms with Crippen LogP contribution in [0.25, 0.3) is 0 Å². The van der Waals surface area contributed by atoms with Gasteiger partial charge in [-0.3, -0.25) is 0 Å². The topological polar surface area (TPSA) is 12.0 Å². The van der Waals surface area contributed by atoms with E-state index in [0.29, 0.717) is 11.4 Å². The summed E-state index contributed by atoms with van der Waals surface area (Å²) in [5.74, 6) is 4.46. The fourth-order valence-corrected chi connectivity index (χ4v) is 7.50. The van der Waals surface area contributed by atoms with Gasteiger partial charge in [-0.05, 0) is 81.5 Å². The molecule has 128 valence electrons. The fourth-order valence-electron chi connectivity index (χ4n) is 5.72. The minimum Gasteiger partial charge on any atom is -0.311 e. The van der Waals surface area contributed by atoms with Gasteiger partial charge < -0.3 is 5.32 Å². The van der Waals surface area contributed by atoms with E-state index in [-0.39, 0.29) is 0 Å². The third kappa shape index (κ3) is 3.79. The lowest BCUT2D eigenvalue weighted by molar-refractivity contribution is 0.131. The molecule has 7 unspecified atom stereocenters. The van der Waals surface area contributed by atoms with E-state index in [1.54, 1.807) is 0 Å². The van der Waals surface area contributed by atoms with Crippen molar-refractivity contribution in [2.24, 2.45) is 29.6 Å². The standard InChI is InChI=1S/C19H33ClIN/c1-11-8-15(10-17(21)9-11)18-12(2)13(3)22-19(18)14-4-6-16(20)7-5-14/h11-19,22H,4-10H2,1-3H3. The molecular formula is C19H33ClIN. The number of hydrogen-bond donors (Lipinski definition) is 1. The number of alkyl halides is 2. The van der Waals surface area contributed by atoms with Crippen molar-refractivity contribution in [2.45, 2.75) is 87.1 Å². The van der Waals surface area contributed by atoms with Crippen molar-refractivity contribution < 1.29 is 0 Å². The molecule has 1 nitrogen and oxygen atoms in total. The zero-order chi connectivity index (χ0) is 15.9. The van der Waals surface area contributed by atoms with Gasteiger partial charge in [0.1, 0.15) is 0 Å². The van der Waals surface area contributed by atoms with E-state index in [1.807, 2.05) is 0 Å². The van der Waals surface area contributed by atoms with Crippen LogP contribution in [-0.4, -0.2) is 21.4 Å². The van der Waals surface area contributed by atoms with Gasteiger partial charge in [-0.1, -0.05) is 36.4 Å². The van der Waals surface area contributed by atoms with Crippen molar-refractivity contribution in [1.29, 1.82) is 0 Å². The lowest BCUT2D eigenvalue weighted by atomic mass is 9.66. The van der Waals surface area contributed by atoms with Gasteiger partial charge in [0.15, 0.2) is 0 Å². The van der Waals surface area contributed by atoms with Gasteiger partial charge in [0.05, 0.1) is 0 Å². The molecule has 2 saturated carbocycles. The molecule has 0 aromatic carbocycles. The first kappa shape index (κ1) is 17.8. The number of nitrogens with one attached hydrogen (secondary N) is 1. The zero-order valence-corrected chi connectivity index (χ0v) is 17.3. The van der Waals surface area contributed by atoms with E-state index >= 15 is 0 Å². The molecule has 0 radical (unpaired) electrons. The Kier molecular flexibility index (Phi) is 6.04. The maximum absolute atomic E-state index is 6.35. The first-order chi connectivity index (χ1) is 10.5. The normalized spacial score (nSPS) is 53.6. The third-order valence-corrected chi connectivity index (χ3v) is 8.39. The highest BCUT2D eigenvalue weighted by Gasteiger charge is 2.47. The average Bonchev–Trinajstić information content (AvgIpc) is 2.74. The molecule has 1 aliphatic heterocycles. The molecule has 3 aliphatic rings. The summed E-state index contributed by atoms with van der Waals surface area (Å²) >= 11 is 9.06. The Bertz CT molecular complexity index is 358. The van der Waals surface area contributed by atoms with Crippen LogP contribution < -0.4 is 5.32 Å². The molecule has 0 spiro atoms. The molecular weight excluding hydrogens is 405 g/mol. The summed E-state index contributed by atoms with van der Waals surface area (Å²) in [7, 11) is 0. The Morgan fingerprint density at radius 1 is 0.909 bits per heavy atom. The highest BCUT2D eigenvalue weighted by atomic mass is 127. The van der Waals surface area contributed by atoms with E-state index in [2.05, 4.69) is 48.7 Å². The zero-order valence-electron chi connectivity index (χ0n) is 14.4. The Hall–Kier alpha value is 0.980. The maximum Gasteiger partial charge on any atom is 0.0336 e. The van der Waals surface area contributed by atoms with Crippen LogP contribution in [0.1, 0.15) is 65.7 Å². The molecule has 0 bridgehead atoms. The Morgan fingerprint density at radius 2 is 1.59 bits per heavy atom. The molecule has 0 aromatic rings. The second-order valence-electron chi connectivity index (χ2n) is 8.60. The van der Waals surface area contributed by atoms with Crippen molar-refractivity contribution in [1.82, 2.24) is 5.32 Å². The maximum atomic E-state index is 6.35. The summed E-state index contributed by atoms with van der Waals surface area (Å²) in [5, 5.41) is 4.46. The molecule has 1 saturated heterocycles. The summed E-state index contributed by atoms with van der Waals surface area (Å²) in [4.78, 5) is 0. The SMILES string of the molecule is CC1CC(I)CC(C2C(C)C(C)NC2C2CCC(Cl)CC2)C1. The van der Waals surface area contributed by atoms with Crippen molar-refractivity contribution in [3.05, 3.63) is 0 Å². The molecule has 3 heteroatoms. The van der Waals surface area contributed by atoms with Crippen molar-refractivity contribution in [2.75, 3.05) is 0 Å². The highest BCUT2D eigenvalue weighted by molar-refractivity contribution is 14.1. The molecule has 3 fully saturated rings. The third-order valence-electron chi connectivity index (χ3n) is 6.94. The average molecular weight is 438 g/mol. The summed E-state index contributed by atoms with van der Waals surface area (Å²) in [5.41, 5.74) is 0. The largest absolute Gasteiger partial charge is 0.311 e. The molecule has 2 aliphatic carbocycles. The van der Waals surface area contributed by atoms with Gasteiger partial charge >= 0.3 is 0 Å². The van der Waals surface area contributed by atoms with Crippen LogP contribution in [0.3, 0.4) is 0 Å². The fraction of sp³-hybridized carbons (Fsp3) is 1.00. The van der Waals surface area contributed by atoms with Gasteiger partial charge in [0, 0.05) is 21.4 Å². The van der Waals surface area contributed by atoms with E-state index in [9.17, 15) is 0 Å². The van der Waals surface area contributed by atoms with Gasteiger partial charge in [-0.25, -0.2) is 0 Å². The predicted molar refractivity (Wildman–Crippen MR) is 105 cm³/mol. The first-order valence-corrected chi connectivity index (χ1v) is 11.2. The van der Waals surface area contributed by atoms with E-state index in [0.717, 1.165) is 39.6 Å². The number of hydrogen-bond acceptors (Lipinski definition) is 1. The van der Waals surface area contributed by atoms with Crippen LogP contribution in [0.2, 0.25) is 0 Å². The van der Waals surface area contributed by atoms with Crippen LogP contribution in [0.4, 0.5) is 0 Å². The van der Waals surface area contributed by atoms with E-state index in [1.165, 1.54) is 44.9 Å². The van der Waals surface area contributed by atoms with Crippen molar-refractivity contribution in [3.8, 4) is 0 Å². The van der Waals surface area contributed by atoms with Crippen molar-refractivity contribution >= 4 is 34.2 Å². The van der Waals surface area contributed by atoms with Gasteiger partial charge in [0.25, 0.3) is 0 Å². The molecule has 22 heavy (non-hydrogen) atoms. The van der Waals surface area contributed by atoms with Crippen LogP contribution in [0.5, 0.6) is 0 Å². The summed E-state index contributed by atoms with van der Waals surface area (Å²) < 4.78 is 0.897. The molecule has 1 heterocycles. The van der Waals surface area contributed by atoms with E-state index in [4.69, 9.17) is 11.6 Å². The highest BCUT2D eigenvalue weighted by Crippen LogP contribution is 2.47. The number of rotatable bonds is 2. The second kappa shape index (κ2) is 7.47. The Balaban J connectivity index is 1.73.